The minimum absolute atomic E-state index is 0.00726. The summed E-state index contributed by atoms with van der Waals surface area (Å²) < 4.78 is 9.06. The van der Waals surface area contributed by atoms with Gasteiger partial charge in [0.1, 0.15) is 18.5 Å². The predicted molar refractivity (Wildman–Crippen MR) is 196 cm³/mol. The van der Waals surface area contributed by atoms with Gasteiger partial charge in [0.2, 0.25) is 5.36 Å². The van der Waals surface area contributed by atoms with E-state index < -0.39 is 5.97 Å². The van der Waals surface area contributed by atoms with Crippen LogP contribution in [0.25, 0.3) is 26.5 Å². The number of aromatic carboxylic acids is 1. The first-order valence-corrected chi connectivity index (χ1v) is 18.1. The van der Waals surface area contributed by atoms with E-state index in [1.54, 1.807) is 22.7 Å². The number of ether oxygens (including phenoxy) is 1. The third kappa shape index (κ3) is 4.08. The fourth-order valence-electron chi connectivity index (χ4n) is 7.18. The number of thiophene rings is 2. The zero-order chi connectivity index (χ0) is 33.5. The minimum Gasteiger partial charge on any atom is -0.478 e. The van der Waals surface area contributed by atoms with Crippen molar-refractivity contribution in [3.05, 3.63) is 106 Å². The van der Waals surface area contributed by atoms with E-state index in [4.69, 9.17) is 51.1 Å². The van der Waals surface area contributed by atoms with Gasteiger partial charge in [0.05, 0.1) is 47.7 Å². The van der Waals surface area contributed by atoms with Crippen molar-refractivity contribution in [1.82, 2.24) is 4.58 Å². The van der Waals surface area contributed by atoms with E-state index >= 15 is 0 Å². The summed E-state index contributed by atoms with van der Waals surface area (Å²) in [6, 6.07) is 12.6. The first-order valence-electron chi connectivity index (χ1n) is 14.8. The lowest BCUT2D eigenvalue weighted by Crippen LogP contribution is -2.46. The van der Waals surface area contributed by atoms with Crippen LogP contribution in [0.5, 0.6) is 11.5 Å². The van der Waals surface area contributed by atoms with Gasteiger partial charge in [-0.25, -0.2) is 9.37 Å². The van der Waals surface area contributed by atoms with E-state index in [1.165, 1.54) is 11.1 Å². The van der Waals surface area contributed by atoms with Crippen LogP contribution in [0, 0.1) is 0 Å². The predicted octanol–water partition coefficient (Wildman–Crippen LogP) is 9.86. The molecule has 3 aliphatic heterocycles. The van der Waals surface area contributed by atoms with Crippen LogP contribution >= 0.6 is 69.1 Å². The standard InChI is InChI=1S/C36H26Cl4N2O3S2/c1-35(2)19-7-9-46-32(19)15-11-17-23(13-21(15)41(35)5)45-24-14-22-16(33-20(8-10-47-33)36(3,4)42(22)6)12-18(24)25(17)26-27(34(43)44)29(38)31(40)30(39)28(26)37/h7-14H,1-6H3/p+1. The van der Waals surface area contributed by atoms with Crippen molar-refractivity contribution in [2.75, 3.05) is 19.0 Å². The minimum atomic E-state index is -1.27. The number of hydrogen-bond donors (Lipinski definition) is 1. The largest absolute Gasteiger partial charge is 0.478 e. The van der Waals surface area contributed by atoms with E-state index in [0.717, 1.165) is 31.9 Å². The lowest BCUT2D eigenvalue weighted by molar-refractivity contribution is 0.0696. The van der Waals surface area contributed by atoms with E-state index in [-0.39, 0.29) is 42.3 Å². The van der Waals surface area contributed by atoms with Crippen molar-refractivity contribution in [3.8, 4) is 32.4 Å². The highest BCUT2D eigenvalue weighted by molar-refractivity contribution is 7.14. The second-order valence-corrected chi connectivity index (χ2v) is 16.4. The molecule has 0 aliphatic carbocycles. The van der Waals surface area contributed by atoms with Crippen LogP contribution in [0.2, 0.25) is 20.1 Å². The highest BCUT2D eigenvalue weighted by Gasteiger charge is 2.41. The van der Waals surface area contributed by atoms with Crippen LogP contribution in [0.1, 0.15) is 60.3 Å². The maximum Gasteiger partial charge on any atom is 0.337 e. The molecule has 5 heterocycles. The van der Waals surface area contributed by atoms with E-state index in [0.29, 0.717) is 27.9 Å². The summed E-state index contributed by atoms with van der Waals surface area (Å²) in [6.45, 7) is 8.81. The van der Waals surface area contributed by atoms with Gasteiger partial charge in [-0.15, -0.1) is 22.7 Å². The van der Waals surface area contributed by atoms with Crippen LogP contribution in [0.3, 0.4) is 0 Å². The Kier molecular flexibility index (Phi) is 6.80. The van der Waals surface area contributed by atoms with Crippen LogP contribution < -0.4 is 24.8 Å². The van der Waals surface area contributed by atoms with Gasteiger partial charge in [-0.05, 0) is 54.4 Å². The zero-order valence-electron chi connectivity index (χ0n) is 26.1. The summed E-state index contributed by atoms with van der Waals surface area (Å²) in [7, 11) is 4.16. The van der Waals surface area contributed by atoms with Gasteiger partial charge >= 0.3 is 5.97 Å². The number of halogens is 4. The molecule has 11 heteroatoms. The summed E-state index contributed by atoms with van der Waals surface area (Å²) in [6.07, 6.45) is 0. The Balaban J connectivity index is 1.58. The first-order chi connectivity index (χ1) is 22.2. The molecule has 3 aliphatic rings. The summed E-state index contributed by atoms with van der Waals surface area (Å²) in [5, 5.41) is 16.2. The third-order valence-corrected chi connectivity index (χ3v) is 13.9. The lowest BCUT2D eigenvalue weighted by atomic mass is 9.82. The number of carboxylic acids is 1. The van der Waals surface area contributed by atoms with Crippen LogP contribution in [-0.2, 0) is 11.1 Å². The van der Waals surface area contributed by atoms with Crippen LogP contribution in [-0.4, -0.2) is 25.2 Å². The smallest absolute Gasteiger partial charge is 0.337 e. The molecule has 47 heavy (non-hydrogen) atoms. The first kappa shape index (κ1) is 31.2. The van der Waals surface area contributed by atoms with Crippen molar-refractivity contribution < 1.29 is 14.6 Å². The number of benzene rings is 3. The van der Waals surface area contributed by atoms with Gasteiger partial charge in [0, 0.05) is 70.6 Å². The van der Waals surface area contributed by atoms with Crippen molar-refractivity contribution in [2.24, 2.45) is 0 Å². The van der Waals surface area contributed by atoms with E-state index in [9.17, 15) is 9.90 Å². The van der Waals surface area contributed by atoms with Crippen molar-refractivity contribution in [1.29, 1.82) is 0 Å². The second kappa shape index (κ2) is 10.2. The lowest BCUT2D eigenvalue weighted by Gasteiger charge is -2.43. The monoisotopic (exact) mass is 739 g/mol. The zero-order valence-corrected chi connectivity index (χ0v) is 30.8. The van der Waals surface area contributed by atoms with Gasteiger partial charge in [0.25, 0.3) is 0 Å². The summed E-state index contributed by atoms with van der Waals surface area (Å²) >= 11 is 30.2. The Labute approximate surface area is 299 Å². The number of fused-ring (bicyclic) bond motifs is 8. The highest BCUT2D eigenvalue weighted by Crippen LogP contribution is 2.54. The molecule has 0 bridgehead atoms. The molecule has 238 valence electrons. The molecule has 0 atom stereocenters. The van der Waals surface area contributed by atoms with Gasteiger partial charge in [-0.3, -0.25) is 0 Å². The maximum atomic E-state index is 13.0. The fourth-order valence-corrected chi connectivity index (χ4v) is 10.4. The summed E-state index contributed by atoms with van der Waals surface area (Å²) in [5.74, 6) is -0.136. The van der Waals surface area contributed by atoms with Crippen molar-refractivity contribution >= 4 is 86.3 Å². The summed E-state index contributed by atoms with van der Waals surface area (Å²) in [4.78, 5) is 17.5. The number of hydrogen-bond acceptors (Lipinski definition) is 5. The normalized spacial score (nSPS) is 16.4. The Morgan fingerprint density at radius 3 is 2.15 bits per heavy atom. The topological polar surface area (TPSA) is 52.8 Å². The van der Waals surface area contributed by atoms with Crippen LogP contribution in [0.4, 0.5) is 5.69 Å². The maximum absolute atomic E-state index is 13.0. The molecule has 3 aromatic carbocycles. The Morgan fingerprint density at radius 1 is 0.830 bits per heavy atom. The van der Waals surface area contributed by atoms with E-state index in [1.807, 2.05) is 12.1 Å². The molecule has 0 radical (unpaired) electrons. The van der Waals surface area contributed by atoms with Gasteiger partial charge in [-0.1, -0.05) is 46.4 Å². The van der Waals surface area contributed by atoms with Crippen molar-refractivity contribution in [3.63, 3.8) is 0 Å². The Hall–Kier alpha value is -3.04. The third-order valence-electron chi connectivity index (χ3n) is 10.2. The molecule has 0 fully saturated rings. The molecule has 1 N–H and O–H groups in total. The molecule has 2 aromatic heterocycles. The molecule has 0 saturated carbocycles. The second-order valence-electron chi connectivity index (χ2n) is 13.1. The number of carboxylic acid groups (broad SMARTS) is 1. The average Bonchev–Trinajstić information content (AvgIpc) is 3.73. The average molecular weight is 742 g/mol. The molecular formula is C36H27Cl4N2O3S2+. The van der Waals surface area contributed by atoms with Crippen LogP contribution in [0.15, 0.2) is 47.2 Å². The SMILES string of the molecule is CN1c2cc3c(cc2-c2sccc2C1(C)C)C(c1c(Cl)c(Cl)c(Cl)c(Cl)c1C(=O)O)=c1cc2c(cc1O3)=[N+](C)C(C)(C)c1ccsc1-2. The number of anilines is 1. The number of carbonyl (C=O) groups is 1. The quantitative estimate of drug-likeness (QED) is 0.109. The highest BCUT2D eigenvalue weighted by atomic mass is 35.5. The molecule has 0 spiro atoms. The Morgan fingerprint density at radius 2 is 1.47 bits per heavy atom. The number of nitrogens with zero attached hydrogens (tertiary/aromatic N) is 2. The molecule has 5 nitrogen and oxygen atoms in total. The fraction of sp³-hybridized carbons (Fsp3) is 0.222. The van der Waals surface area contributed by atoms with Gasteiger partial charge in [-0.2, -0.15) is 0 Å². The Bertz CT molecular complexity index is 2410. The van der Waals surface area contributed by atoms with Crippen molar-refractivity contribution in [2.45, 2.75) is 38.8 Å². The summed E-state index contributed by atoms with van der Waals surface area (Å²) in [5.41, 5.74) is 6.13. The van der Waals surface area contributed by atoms with Gasteiger partial charge < -0.3 is 14.7 Å². The molecule has 8 rings (SSSR count). The molecule has 0 amide bonds. The number of rotatable bonds is 2. The van der Waals surface area contributed by atoms with Gasteiger partial charge in [0.15, 0.2) is 5.54 Å². The molecule has 5 aromatic rings. The molecule has 0 saturated heterocycles. The molecular weight excluding hydrogens is 714 g/mol. The molecule has 0 unspecified atom stereocenters. The van der Waals surface area contributed by atoms with E-state index in [2.05, 4.69) is 86.3 Å².